The number of hydrogen-bond donors (Lipinski definition) is 3. The van der Waals surface area contributed by atoms with Crippen LogP contribution in [-0.4, -0.2) is 71.2 Å². The van der Waals surface area contributed by atoms with Gasteiger partial charge in [-0.1, -0.05) is 30.3 Å². The van der Waals surface area contributed by atoms with Gasteiger partial charge in [-0.05, 0) is 44.8 Å². The lowest BCUT2D eigenvalue weighted by molar-refractivity contribution is -0.141. The third-order valence-electron chi connectivity index (χ3n) is 6.78. The third-order valence-corrected chi connectivity index (χ3v) is 8.11. The molecule has 42 heavy (non-hydrogen) atoms. The highest BCUT2D eigenvalue weighted by Gasteiger charge is 2.31. The molecule has 1 aliphatic rings. The molecule has 4 rings (SSSR count). The zero-order valence-electron chi connectivity index (χ0n) is 23.9. The number of carboxylic acid groups (broad SMARTS) is 1. The summed E-state index contributed by atoms with van der Waals surface area (Å²) in [7, 11) is 0. The Balaban J connectivity index is 1.65. The molecular formula is C30H34N2O8S2. The number of amides is 2. The largest absolute Gasteiger partial charge is 0.487 e. The molecule has 2 amide bonds. The summed E-state index contributed by atoms with van der Waals surface area (Å²) in [4.78, 5) is 50.1. The van der Waals surface area contributed by atoms with E-state index in [0.29, 0.717) is 28.7 Å². The maximum absolute atomic E-state index is 13.0. The van der Waals surface area contributed by atoms with E-state index in [1.165, 1.54) is 29.6 Å². The van der Waals surface area contributed by atoms with Crippen molar-refractivity contribution in [3.05, 3.63) is 58.4 Å². The Morgan fingerprint density at radius 1 is 1.05 bits per heavy atom. The number of benzene rings is 2. The van der Waals surface area contributed by atoms with Crippen molar-refractivity contribution in [3.8, 4) is 22.6 Å². The van der Waals surface area contributed by atoms with Gasteiger partial charge in [-0.3, -0.25) is 9.59 Å². The second-order valence-electron chi connectivity index (χ2n) is 10.5. The molecule has 10 nitrogen and oxygen atoms in total. The summed E-state index contributed by atoms with van der Waals surface area (Å²) < 4.78 is 18.0. The normalized spacial score (nSPS) is 15.1. The van der Waals surface area contributed by atoms with Crippen molar-refractivity contribution in [2.24, 2.45) is 0 Å². The number of aliphatic carboxylic acids is 1. The predicted molar refractivity (Wildman–Crippen MR) is 165 cm³/mol. The number of hydrogen-bond acceptors (Lipinski definition) is 9. The Kier molecular flexibility index (Phi) is 10.1. The summed E-state index contributed by atoms with van der Waals surface area (Å²) in [5.74, 6) is -1.10. The Labute approximate surface area is 251 Å². The van der Waals surface area contributed by atoms with Crippen LogP contribution < -0.4 is 25.7 Å². The molecule has 0 bridgehead atoms. The summed E-state index contributed by atoms with van der Waals surface area (Å²) in [6, 6.07) is 10.4. The summed E-state index contributed by atoms with van der Waals surface area (Å²) in [5.41, 5.74) is 1.50. The van der Waals surface area contributed by atoms with Crippen molar-refractivity contribution in [3.63, 3.8) is 0 Å². The van der Waals surface area contributed by atoms with Crippen LogP contribution in [-0.2, 0) is 20.8 Å². The van der Waals surface area contributed by atoms with Gasteiger partial charge in [-0.15, -0.1) is 0 Å². The maximum atomic E-state index is 13.0. The third kappa shape index (κ3) is 7.40. The second-order valence-corrected chi connectivity index (χ2v) is 12.3. The number of rotatable bonds is 12. The van der Waals surface area contributed by atoms with Gasteiger partial charge >= 0.3 is 11.6 Å². The minimum atomic E-state index is -1.15. The standard InChI is InChI=1S/C30H34N2O8S2/c1-30(2)11-10-18-22(40-30)13-23(26-19(12-25(34)39-27(18)26)17-8-6-5-7-9-17)38-14-24(33)31-20(15-41-3)28(35)32-21(16-42-4)29(36)37/h5-9,12-13,20-21H,10-11,14-16H2,1-4H3,(H,31,33)(H,32,35)(H,36,37)/t20-,21+/m0/s1. The first-order valence-corrected chi connectivity index (χ1v) is 16.1. The van der Waals surface area contributed by atoms with E-state index in [0.717, 1.165) is 17.5 Å². The molecule has 1 aromatic heterocycles. The van der Waals surface area contributed by atoms with Crippen molar-refractivity contribution < 1.29 is 33.4 Å². The lowest BCUT2D eigenvalue weighted by Gasteiger charge is -2.33. The molecule has 2 aromatic carbocycles. The number of fused-ring (bicyclic) bond motifs is 3. The number of aryl methyl sites for hydroxylation is 1. The van der Waals surface area contributed by atoms with Gasteiger partial charge in [0, 0.05) is 34.8 Å². The van der Waals surface area contributed by atoms with Gasteiger partial charge in [0.1, 0.15) is 34.8 Å². The fraction of sp³-hybridized carbons (Fsp3) is 0.400. The van der Waals surface area contributed by atoms with E-state index in [1.807, 2.05) is 44.2 Å². The zero-order valence-corrected chi connectivity index (χ0v) is 25.5. The molecule has 2 atom stereocenters. The van der Waals surface area contributed by atoms with Crippen LogP contribution in [0.1, 0.15) is 25.8 Å². The highest BCUT2D eigenvalue weighted by atomic mass is 32.2. The van der Waals surface area contributed by atoms with Gasteiger partial charge < -0.3 is 29.6 Å². The molecule has 0 saturated heterocycles. The van der Waals surface area contributed by atoms with Gasteiger partial charge in [0.25, 0.3) is 5.91 Å². The van der Waals surface area contributed by atoms with Crippen molar-refractivity contribution in [1.29, 1.82) is 0 Å². The average Bonchev–Trinajstić information content (AvgIpc) is 2.94. The monoisotopic (exact) mass is 614 g/mol. The van der Waals surface area contributed by atoms with Crippen LogP contribution in [0.3, 0.4) is 0 Å². The summed E-state index contributed by atoms with van der Waals surface area (Å²) in [5, 5.41) is 15.1. The molecule has 3 aromatic rings. The van der Waals surface area contributed by atoms with E-state index in [-0.39, 0.29) is 17.3 Å². The highest BCUT2D eigenvalue weighted by molar-refractivity contribution is 7.98. The smallest absolute Gasteiger partial charge is 0.336 e. The molecule has 0 spiro atoms. The van der Waals surface area contributed by atoms with Crippen LogP contribution in [0.5, 0.6) is 11.5 Å². The van der Waals surface area contributed by atoms with Crippen molar-refractivity contribution in [2.75, 3.05) is 30.6 Å². The number of carboxylic acids is 1. The first-order valence-electron chi connectivity index (χ1n) is 13.3. The number of carbonyl (C=O) groups is 3. The van der Waals surface area contributed by atoms with Crippen molar-refractivity contribution >= 4 is 52.3 Å². The Bertz CT molecular complexity index is 1520. The fourth-order valence-electron chi connectivity index (χ4n) is 4.75. The van der Waals surface area contributed by atoms with Gasteiger partial charge in [0.2, 0.25) is 5.91 Å². The van der Waals surface area contributed by atoms with Crippen LogP contribution in [0.4, 0.5) is 0 Å². The first kappa shape index (κ1) is 31.3. The van der Waals surface area contributed by atoms with Gasteiger partial charge in [0.05, 0.1) is 5.39 Å². The van der Waals surface area contributed by atoms with E-state index < -0.39 is 47.7 Å². The van der Waals surface area contributed by atoms with E-state index in [4.69, 9.17) is 13.9 Å². The molecule has 0 fully saturated rings. The molecule has 3 N–H and O–H groups in total. The van der Waals surface area contributed by atoms with Crippen LogP contribution >= 0.6 is 23.5 Å². The van der Waals surface area contributed by atoms with Gasteiger partial charge in [-0.2, -0.15) is 23.5 Å². The molecule has 1 aliphatic heterocycles. The first-order chi connectivity index (χ1) is 20.0. The lowest BCUT2D eigenvalue weighted by atomic mass is 9.91. The Hall–Kier alpha value is -3.64. The number of ether oxygens (including phenoxy) is 2. The SMILES string of the molecule is CSC[C@H](NC(=O)COc1cc2c(c3oc(=O)cc(-c4ccccc4)c13)CCC(C)(C)O2)C(=O)N[C@H](CSC)C(=O)O. The van der Waals surface area contributed by atoms with E-state index in [9.17, 15) is 24.3 Å². The van der Waals surface area contributed by atoms with E-state index in [1.54, 1.807) is 18.6 Å². The lowest BCUT2D eigenvalue weighted by Crippen LogP contribution is -2.54. The van der Waals surface area contributed by atoms with Crippen LogP contribution in [0.25, 0.3) is 22.1 Å². The molecule has 0 aliphatic carbocycles. The van der Waals surface area contributed by atoms with Crippen LogP contribution in [0, 0.1) is 0 Å². The predicted octanol–water partition coefficient (Wildman–Crippen LogP) is 3.72. The Morgan fingerprint density at radius 3 is 2.40 bits per heavy atom. The molecule has 0 radical (unpaired) electrons. The molecule has 12 heteroatoms. The topological polar surface area (TPSA) is 144 Å². The van der Waals surface area contributed by atoms with Crippen molar-refractivity contribution in [1.82, 2.24) is 10.6 Å². The fourth-order valence-corrected chi connectivity index (χ4v) is 5.87. The van der Waals surface area contributed by atoms with Gasteiger partial charge in [0.15, 0.2) is 6.61 Å². The van der Waals surface area contributed by atoms with Gasteiger partial charge in [-0.25, -0.2) is 9.59 Å². The minimum absolute atomic E-state index is 0.189. The summed E-state index contributed by atoms with van der Waals surface area (Å²) >= 11 is 2.62. The van der Waals surface area contributed by atoms with E-state index >= 15 is 0 Å². The van der Waals surface area contributed by atoms with Crippen LogP contribution in [0.15, 0.2) is 51.7 Å². The van der Waals surface area contributed by atoms with Crippen molar-refractivity contribution in [2.45, 2.75) is 44.4 Å². The molecule has 0 saturated carbocycles. The second kappa shape index (κ2) is 13.6. The quantitative estimate of drug-likeness (QED) is 0.258. The maximum Gasteiger partial charge on any atom is 0.336 e. The van der Waals surface area contributed by atoms with E-state index in [2.05, 4.69) is 10.6 Å². The molecule has 0 unspecified atom stereocenters. The zero-order chi connectivity index (χ0) is 30.4. The number of thioether (sulfide) groups is 2. The summed E-state index contributed by atoms with van der Waals surface area (Å²) in [6.45, 7) is 3.49. The number of carbonyl (C=O) groups excluding carboxylic acids is 2. The molecule has 2 heterocycles. The molecular weight excluding hydrogens is 580 g/mol. The highest BCUT2D eigenvalue weighted by Crippen LogP contribution is 2.44. The molecule has 224 valence electrons. The number of nitrogens with one attached hydrogen (secondary N) is 2. The minimum Gasteiger partial charge on any atom is -0.487 e. The van der Waals surface area contributed by atoms with Crippen LogP contribution in [0.2, 0.25) is 0 Å². The summed E-state index contributed by atoms with van der Waals surface area (Å²) in [6.07, 6.45) is 4.86. The Morgan fingerprint density at radius 2 is 1.74 bits per heavy atom. The average molecular weight is 615 g/mol.